The number of sulfonamides is 1. The monoisotopic (exact) mass is 283 g/mol. The minimum absolute atomic E-state index is 0.0225. The van der Waals surface area contributed by atoms with E-state index in [0.717, 1.165) is 0 Å². The highest BCUT2D eigenvalue weighted by Crippen LogP contribution is 2.22. The van der Waals surface area contributed by atoms with Crippen molar-refractivity contribution in [2.24, 2.45) is 0 Å². The Kier molecular flexibility index (Phi) is 4.58. The average Bonchev–Trinajstić information content (AvgIpc) is 2.13. The molecule has 0 unspecified atom stereocenters. The molecule has 0 aliphatic carbocycles. The van der Waals surface area contributed by atoms with Gasteiger partial charge < -0.3 is 5.11 Å². The summed E-state index contributed by atoms with van der Waals surface area (Å²) >= 11 is 11.4. The van der Waals surface area contributed by atoms with E-state index in [4.69, 9.17) is 28.3 Å². The summed E-state index contributed by atoms with van der Waals surface area (Å²) in [6.45, 7) is 1.42. The van der Waals surface area contributed by atoms with E-state index in [2.05, 4.69) is 4.72 Å². The van der Waals surface area contributed by atoms with Gasteiger partial charge in [0.2, 0.25) is 10.0 Å². The summed E-state index contributed by atoms with van der Waals surface area (Å²) in [6, 6.07) is 4.02. The Labute approximate surface area is 104 Å². The number of hydrogen-bond donors (Lipinski definition) is 2. The van der Waals surface area contributed by atoms with Crippen LogP contribution in [0.1, 0.15) is 6.92 Å². The summed E-state index contributed by atoms with van der Waals surface area (Å²) in [7, 11) is -3.68. The summed E-state index contributed by atoms with van der Waals surface area (Å²) in [5, 5.41) is 9.47. The second-order valence-corrected chi connectivity index (χ2v) is 5.95. The highest BCUT2D eigenvalue weighted by Gasteiger charge is 2.15. The lowest BCUT2D eigenvalue weighted by Crippen LogP contribution is -2.30. The Morgan fingerprint density at radius 3 is 2.25 bits per heavy atom. The maximum absolute atomic E-state index is 11.7. The van der Waals surface area contributed by atoms with Crippen molar-refractivity contribution < 1.29 is 13.5 Å². The molecule has 1 rings (SSSR count). The lowest BCUT2D eigenvalue weighted by Gasteiger charge is -2.08. The van der Waals surface area contributed by atoms with Gasteiger partial charge in [-0.05, 0) is 25.1 Å². The van der Waals surface area contributed by atoms with Crippen LogP contribution in [0, 0.1) is 0 Å². The van der Waals surface area contributed by atoms with Gasteiger partial charge in [-0.1, -0.05) is 23.2 Å². The fourth-order valence-corrected chi connectivity index (χ4v) is 2.84. The van der Waals surface area contributed by atoms with Crippen LogP contribution in [0.5, 0.6) is 0 Å². The van der Waals surface area contributed by atoms with Gasteiger partial charge in [-0.2, -0.15) is 0 Å². The first-order chi connectivity index (χ1) is 7.31. The SMILES string of the molecule is C[C@H](O)CNS(=O)(=O)c1cc(Cl)cc(Cl)c1. The molecule has 1 aromatic rings. The maximum Gasteiger partial charge on any atom is 0.240 e. The second kappa shape index (κ2) is 5.33. The number of benzene rings is 1. The molecule has 16 heavy (non-hydrogen) atoms. The molecule has 0 aliphatic rings. The third-order valence-corrected chi connectivity index (χ3v) is 3.55. The summed E-state index contributed by atoms with van der Waals surface area (Å²) in [4.78, 5) is -0.0225. The van der Waals surface area contributed by atoms with Crippen molar-refractivity contribution in [2.45, 2.75) is 17.9 Å². The van der Waals surface area contributed by atoms with Gasteiger partial charge in [-0.25, -0.2) is 13.1 Å². The molecule has 0 saturated heterocycles. The summed E-state index contributed by atoms with van der Waals surface area (Å²) in [5.74, 6) is 0. The number of hydrogen-bond acceptors (Lipinski definition) is 3. The fourth-order valence-electron chi connectivity index (χ4n) is 0.997. The van der Waals surface area contributed by atoms with Crippen LogP contribution in [-0.4, -0.2) is 26.2 Å². The Bertz CT molecular complexity index is 453. The van der Waals surface area contributed by atoms with Gasteiger partial charge in [-0.3, -0.25) is 0 Å². The molecule has 0 heterocycles. The molecule has 0 fully saturated rings. The van der Waals surface area contributed by atoms with E-state index in [9.17, 15) is 8.42 Å². The van der Waals surface area contributed by atoms with Crippen molar-refractivity contribution in [1.82, 2.24) is 4.72 Å². The van der Waals surface area contributed by atoms with Gasteiger partial charge in [0.15, 0.2) is 0 Å². The normalized spacial score (nSPS) is 13.8. The lowest BCUT2D eigenvalue weighted by atomic mass is 10.4. The largest absolute Gasteiger partial charge is 0.392 e. The van der Waals surface area contributed by atoms with Crippen LogP contribution >= 0.6 is 23.2 Å². The van der Waals surface area contributed by atoms with Crippen LogP contribution in [0.3, 0.4) is 0 Å². The third kappa shape index (κ3) is 3.92. The Hall–Kier alpha value is -0.330. The van der Waals surface area contributed by atoms with Gasteiger partial charge in [-0.15, -0.1) is 0 Å². The highest BCUT2D eigenvalue weighted by atomic mass is 35.5. The number of rotatable bonds is 4. The van der Waals surface area contributed by atoms with Crippen LogP contribution in [0.25, 0.3) is 0 Å². The molecular formula is C9H11Cl2NO3S. The van der Waals surface area contributed by atoms with Crippen LogP contribution in [-0.2, 0) is 10.0 Å². The van der Waals surface area contributed by atoms with Gasteiger partial charge in [0.1, 0.15) is 0 Å². The van der Waals surface area contributed by atoms with E-state index in [-0.39, 0.29) is 21.5 Å². The molecule has 0 amide bonds. The topological polar surface area (TPSA) is 66.4 Å². The van der Waals surface area contributed by atoms with Crippen molar-refractivity contribution in [1.29, 1.82) is 0 Å². The third-order valence-electron chi connectivity index (χ3n) is 1.72. The van der Waals surface area contributed by atoms with E-state index < -0.39 is 16.1 Å². The van der Waals surface area contributed by atoms with Crippen LogP contribution in [0.4, 0.5) is 0 Å². The molecule has 0 aromatic heterocycles. The first-order valence-corrected chi connectivity index (χ1v) is 6.69. The van der Waals surface area contributed by atoms with E-state index >= 15 is 0 Å². The quantitative estimate of drug-likeness (QED) is 0.883. The Morgan fingerprint density at radius 2 is 1.81 bits per heavy atom. The molecule has 7 heteroatoms. The van der Waals surface area contributed by atoms with Crippen LogP contribution in [0.15, 0.2) is 23.1 Å². The van der Waals surface area contributed by atoms with Gasteiger partial charge in [0, 0.05) is 16.6 Å². The van der Waals surface area contributed by atoms with Crippen molar-refractivity contribution in [2.75, 3.05) is 6.54 Å². The minimum Gasteiger partial charge on any atom is -0.392 e. The predicted octanol–water partition coefficient (Wildman–Crippen LogP) is 1.65. The van der Waals surface area contributed by atoms with Crippen molar-refractivity contribution in [3.8, 4) is 0 Å². The van der Waals surface area contributed by atoms with Crippen LogP contribution in [0.2, 0.25) is 10.0 Å². The number of aliphatic hydroxyl groups excluding tert-OH is 1. The maximum atomic E-state index is 11.7. The second-order valence-electron chi connectivity index (χ2n) is 3.31. The molecule has 1 atom stereocenters. The molecule has 0 bridgehead atoms. The Morgan fingerprint density at radius 1 is 1.31 bits per heavy atom. The van der Waals surface area contributed by atoms with Gasteiger partial charge in [0.05, 0.1) is 11.0 Å². The summed E-state index contributed by atoms with van der Waals surface area (Å²) < 4.78 is 25.6. The first-order valence-electron chi connectivity index (χ1n) is 4.45. The molecule has 1 aromatic carbocycles. The molecule has 0 aliphatic heterocycles. The van der Waals surface area contributed by atoms with Crippen molar-refractivity contribution in [3.63, 3.8) is 0 Å². The minimum atomic E-state index is -3.68. The zero-order chi connectivity index (χ0) is 12.3. The number of nitrogens with one attached hydrogen (secondary N) is 1. The number of halogens is 2. The van der Waals surface area contributed by atoms with E-state index in [1.165, 1.54) is 25.1 Å². The number of aliphatic hydroxyl groups is 1. The van der Waals surface area contributed by atoms with Crippen LogP contribution < -0.4 is 4.72 Å². The predicted molar refractivity (Wildman–Crippen MR) is 63.3 cm³/mol. The van der Waals surface area contributed by atoms with Crippen molar-refractivity contribution >= 4 is 33.2 Å². The summed E-state index contributed by atoms with van der Waals surface area (Å²) in [5.41, 5.74) is 0. The van der Waals surface area contributed by atoms with E-state index in [0.29, 0.717) is 0 Å². The molecular weight excluding hydrogens is 273 g/mol. The summed E-state index contributed by atoms with van der Waals surface area (Å²) in [6.07, 6.45) is -0.760. The highest BCUT2D eigenvalue weighted by molar-refractivity contribution is 7.89. The van der Waals surface area contributed by atoms with E-state index in [1.54, 1.807) is 0 Å². The van der Waals surface area contributed by atoms with Crippen molar-refractivity contribution in [3.05, 3.63) is 28.2 Å². The standard InChI is InChI=1S/C9H11Cl2NO3S/c1-6(13)5-12-16(14,15)9-3-7(10)2-8(11)4-9/h2-4,6,12-13H,5H2,1H3/t6-/m0/s1. The molecule has 90 valence electrons. The lowest BCUT2D eigenvalue weighted by molar-refractivity contribution is 0.198. The molecule has 0 saturated carbocycles. The average molecular weight is 284 g/mol. The zero-order valence-electron chi connectivity index (χ0n) is 8.44. The molecule has 2 N–H and O–H groups in total. The molecule has 4 nitrogen and oxygen atoms in total. The van der Waals surface area contributed by atoms with Gasteiger partial charge in [0.25, 0.3) is 0 Å². The zero-order valence-corrected chi connectivity index (χ0v) is 10.8. The molecule has 0 radical (unpaired) electrons. The smallest absolute Gasteiger partial charge is 0.240 e. The van der Waals surface area contributed by atoms with Gasteiger partial charge >= 0.3 is 0 Å². The Balaban J connectivity index is 2.98. The fraction of sp³-hybridized carbons (Fsp3) is 0.333. The molecule has 0 spiro atoms. The van der Waals surface area contributed by atoms with E-state index in [1.807, 2.05) is 0 Å². The first kappa shape index (κ1) is 13.7.